The van der Waals surface area contributed by atoms with Gasteiger partial charge in [-0.25, -0.2) is 9.59 Å². The number of hydrogen-bond donors (Lipinski definition) is 1. The van der Waals surface area contributed by atoms with Gasteiger partial charge in [0.05, 0.1) is 17.6 Å². The lowest BCUT2D eigenvalue weighted by Gasteiger charge is -2.28. The van der Waals surface area contributed by atoms with E-state index < -0.39 is 11.7 Å². The van der Waals surface area contributed by atoms with Gasteiger partial charge in [0.1, 0.15) is 23.7 Å². The minimum absolute atomic E-state index is 0.0478. The zero-order valence-corrected chi connectivity index (χ0v) is 20.0. The summed E-state index contributed by atoms with van der Waals surface area (Å²) < 4.78 is 11.0. The number of aromatic nitrogens is 1. The Bertz CT molecular complexity index is 1040. The van der Waals surface area contributed by atoms with E-state index in [4.69, 9.17) is 14.1 Å². The summed E-state index contributed by atoms with van der Waals surface area (Å²) in [5, 5.41) is 8.81. The molecular formula is C25H32N4O5. The van der Waals surface area contributed by atoms with Crippen molar-refractivity contribution in [1.29, 1.82) is 0 Å². The number of benzene rings is 1. The third-order valence-corrected chi connectivity index (χ3v) is 6.59. The number of urea groups is 1. The molecule has 3 heterocycles. The van der Waals surface area contributed by atoms with Crippen molar-refractivity contribution in [2.45, 2.75) is 82.7 Å². The molecule has 1 N–H and O–H groups in total. The van der Waals surface area contributed by atoms with Crippen LogP contribution in [0.15, 0.2) is 40.9 Å². The second-order valence-electron chi connectivity index (χ2n) is 10.6. The number of nitrogens with zero attached hydrogens (tertiary/aromatic N) is 3. The van der Waals surface area contributed by atoms with E-state index in [0.29, 0.717) is 25.3 Å². The van der Waals surface area contributed by atoms with Gasteiger partial charge >= 0.3 is 12.1 Å². The van der Waals surface area contributed by atoms with Crippen LogP contribution in [0.4, 0.5) is 9.59 Å². The van der Waals surface area contributed by atoms with E-state index in [2.05, 4.69) is 10.5 Å². The van der Waals surface area contributed by atoms with E-state index in [0.717, 1.165) is 36.9 Å². The smallest absolute Gasteiger partial charge is 0.408 e. The van der Waals surface area contributed by atoms with Crippen molar-refractivity contribution >= 4 is 12.1 Å². The number of ether oxygens (including phenoxy) is 1. The number of amides is 3. The topological polar surface area (TPSA) is 97.1 Å². The second kappa shape index (κ2) is 8.61. The standard InChI is InChI=1S/C25H32N4O5/c1-24(2,3)33-22(30)26-25(11-12-25)14-19-13-20(27-34-19)21-10-9-18-15-28(21)23(31)29(18)32-16-17-7-5-4-6-8-17/h4-8,13,18,21H,9-12,14-16H2,1-3H3,(H,26,30). The number of fused-ring (bicyclic) bond motifs is 2. The molecule has 2 unspecified atom stereocenters. The highest BCUT2D eigenvalue weighted by atomic mass is 16.7. The Labute approximate surface area is 199 Å². The lowest BCUT2D eigenvalue weighted by molar-refractivity contribution is -0.140. The molecule has 5 rings (SSSR count). The molecule has 9 nitrogen and oxygen atoms in total. The van der Waals surface area contributed by atoms with Gasteiger partial charge in [-0.2, -0.15) is 5.06 Å². The number of carbonyl (C=O) groups excluding carboxylic acids is 2. The van der Waals surface area contributed by atoms with Crippen LogP contribution in [0.3, 0.4) is 0 Å². The van der Waals surface area contributed by atoms with Gasteiger partial charge in [0.2, 0.25) is 0 Å². The SMILES string of the molecule is CC(C)(C)OC(=O)NC1(Cc2cc(C3CCC4CN3C(=O)N4OCc3ccccc3)no2)CC1. The molecule has 1 aromatic carbocycles. The fourth-order valence-corrected chi connectivity index (χ4v) is 4.74. The van der Waals surface area contributed by atoms with E-state index >= 15 is 0 Å². The maximum absolute atomic E-state index is 13.1. The molecular weight excluding hydrogens is 436 g/mol. The molecule has 3 aliphatic rings. The lowest BCUT2D eigenvalue weighted by Crippen LogP contribution is -2.41. The van der Waals surface area contributed by atoms with Crippen molar-refractivity contribution in [1.82, 2.24) is 20.4 Å². The molecule has 1 aromatic heterocycles. The normalized spacial score (nSPS) is 23.2. The zero-order valence-electron chi connectivity index (χ0n) is 20.0. The summed E-state index contributed by atoms with van der Waals surface area (Å²) in [6.07, 6.45) is 3.51. The van der Waals surface area contributed by atoms with Gasteiger partial charge in [-0.1, -0.05) is 35.5 Å². The molecule has 2 bridgehead atoms. The van der Waals surface area contributed by atoms with Crippen molar-refractivity contribution in [3.05, 3.63) is 53.4 Å². The molecule has 0 radical (unpaired) electrons. The van der Waals surface area contributed by atoms with Crippen molar-refractivity contribution < 1.29 is 23.7 Å². The van der Waals surface area contributed by atoms with E-state index in [9.17, 15) is 9.59 Å². The van der Waals surface area contributed by atoms with Gasteiger partial charge in [0.15, 0.2) is 0 Å². The number of hydrogen-bond acceptors (Lipinski definition) is 6. The Morgan fingerprint density at radius 3 is 2.71 bits per heavy atom. The van der Waals surface area contributed by atoms with Crippen molar-refractivity contribution in [3.63, 3.8) is 0 Å². The molecule has 1 saturated carbocycles. The summed E-state index contributed by atoms with van der Waals surface area (Å²) in [5.41, 5.74) is 0.889. The quantitative estimate of drug-likeness (QED) is 0.649. The highest BCUT2D eigenvalue weighted by molar-refractivity contribution is 5.77. The molecule has 1 aliphatic carbocycles. The Hall–Kier alpha value is -3.07. The Kier molecular flexibility index (Phi) is 5.75. The Morgan fingerprint density at radius 1 is 1.24 bits per heavy atom. The van der Waals surface area contributed by atoms with Crippen molar-refractivity contribution in [3.8, 4) is 0 Å². The molecule has 0 spiro atoms. The first kappa shape index (κ1) is 22.7. The van der Waals surface area contributed by atoms with E-state index in [1.165, 1.54) is 5.06 Å². The van der Waals surface area contributed by atoms with Crippen LogP contribution in [0.2, 0.25) is 0 Å². The molecule has 2 aliphatic heterocycles. The molecule has 2 saturated heterocycles. The van der Waals surface area contributed by atoms with E-state index in [-0.39, 0.29) is 23.7 Å². The highest BCUT2D eigenvalue weighted by Gasteiger charge is 2.48. The van der Waals surface area contributed by atoms with Crippen LogP contribution >= 0.6 is 0 Å². The summed E-state index contributed by atoms with van der Waals surface area (Å²) in [6, 6.07) is 11.5. The monoisotopic (exact) mass is 468 g/mol. The average Bonchev–Trinajstić information content (AvgIpc) is 3.28. The molecule has 9 heteroatoms. The first-order valence-electron chi connectivity index (χ1n) is 11.9. The third-order valence-electron chi connectivity index (χ3n) is 6.59. The molecule has 3 fully saturated rings. The summed E-state index contributed by atoms with van der Waals surface area (Å²) in [6.45, 7) is 6.51. The van der Waals surface area contributed by atoms with Crippen LogP contribution in [-0.2, 0) is 22.6 Å². The summed E-state index contributed by atoms with van der Waals surface area (Å²) in [5.74, 6) is 0.703. The minimum atomic E-state index is -0.542. The lowest BCUT2D eigenvalue weighted by atomic mass is 9.98. The fourth-order valence-electron chi connectivity index (χ4n) is 4.74. The second-order valence-corrected chi connectivity index (χ2v) is 10.6. The molecule has 182 valence electrons. The minimum Gasteiger partial charge on any atom is -0.444 e. The zero-order chi connectivity index (χ0) is 23.9. The molecule has 2 aromatic rings. The Balaban J connectivity index is 1.20. The highest BCUT2D eigenvalue weighted by Crippen LogP contribution is 2.41. The van der Waals surface area contributed by atoms with Crippen molar-refractivity contribution in [2.75, 3.05) is 6.54 Å². The first-order valence-corrected chi connectivity index (χ1v) is 11.9. The number of nitrogens with one attached hydrogen (secondary N) is 1. The van der Waals surface area contributed by atoms with Gasteiger partial charge in [0, 0.05) is 19.0 Å². The molecule has 2 atom stereocenters. The maximum Gasteiger partial charge on any atom is 0.408 e. The fraction of sp³-hybridized carbons (Fsp3) is 0.560. The predicted molar refractivity (Wildman–Crippen MR) is 122 cm³/mol. The van der Waals surface area contributed by atoms with Crippen LogP contribution in [0.5, 0.6) is 0 Å². The van der Waals surface area contributed by atoms with E-state index in [1.54, 1.807) is 0 Å². The number of rotatable bonds is 7. The third kappa shape index (κ3) is 4.89. The van der Waals surface area contributed by atoms with Gasteiger partial charge in [0.25, 0.3) is 0 Å². The van der Waals surface area contributed by atoms with Crippen LogP contribution in [0.25, 0.3) is 0 Å². The van der Waals surface area contributed by atoms with Gasteiger partial charge in [-0.15, -0.1) is 0 Å². The van der Waals surface area contributed by atoms with Gasteiger partial charge in [-0.05, 0) is 52.0 Å². The summed E-state index contributed by atoms with van der Waals surface area (Å²) >= 11 is 0. The van der Waals surface area contributed by atoms with Crippen LogP contribution in [0.1, 0.15) is 69.5 Å². The number of piperidine rings is 1. The first-order chi connectivity index (χ1) is 16.2. The summed E-state index contributed by atoms with van der Waals surface area (Å²) in [4.78, 5) is 33.0. The summed E-state index contributed by atoms with van der Waals surface area (Å²) in [7, 11) is 0. The Morgan fingerprint density at radius 2 is 2.00 bits per heavy atom. The van der Waals surface area contributed by atoms with Crippen molar-refractivity contribution in [2.24, 2.45) is 0 Å². The van der Waals surface area contributed by atoms with E-state index in [1.807, 2.05) is 62.1 Å². The largest absolute Gasteiger partial charge is 0.444 e. The van der Waals surface area contributed by atoms with Gasteiger partial charge in [-0.3, -0.25) is 4.84 Å². The van der Waals surface area contributed by atoms with Crippen LogP contribution < -0.4 is 5.32 Å². The average molecular weight is 469 g/mol. The number of carbonyl (C=O) groups is 2. The number of alkyl carbamates (subject to hydrolysis) is 1. The van der Waals surface area contributed by atoms with Crippen LogP contribution in [-0.4, -0.2) is 51.0 Å². The number of hydroxylamine groups is 2. The molecule has 3 amide bonds. The van der Waals surface area contributed by atoms with Crippen LogP contribution in [0, 0.1) is 0 Å². The van der Waals surface area contributed by atoms with Gasteiger partial charge < -0.3 is 19.5 Å². The maximum atomic E-state index is 13.1. The molecule has 34 heavy (non-hydrogen) atoms. The predicted octanol–water partition coefficient (Wildman–Crippen LogP) is 4.35.